The second-order valence-corrected chi connectivity index (χ2v) is 8.13. The van der Waals surface area contributed by atoms with Gasteiger partial charge in [-0.15, -0.1) is 21.5 Å². The van der Waals surface area contributed by atoms with Crippen LogP contribution < -0.4 is 10.9 Å². The largest absolute Gasteiger partial charge is 0.302 e. The molecule has 0 saturated carbocycles. The van der Waals surface area contributed by atoms with E-state index in [2.05, 4.69) is 37.0 Å². The molecule has 3 rings (SSSR count). The summed E-state index contributed by atoms with van der Waals surface area (Å²) in [5.74, 6) is 0.203. The zero-order valence-electron chi connectivity index (χ0n) is 14.3. The van der Waals surface area contributed by atoms with E-state index in [1.54, 1.807) is 35.6 Å². The molecular weight excluding hydrogens is 450 g/mol. The van der Waals surface area contributed by atoms with Crippen LogP contribution in [0.5, 0.6) is 0 Å². The molecule has 0 aliphatic rings. The van der Waals surface area contributed by atoms with Crippen LogP contribution in [0.25, 0.3) is 10.7 Å². The molecule has 0 aliphatic heterocycles. The number of thiophene rings is 1. The minimum Gasteiger partial charge on any atom is -0.302 e. The molecule has 3 aromatic rings. The molecule has 2 N–H and O–H groups in total. The van der Waals surface area contributed by atoms with Crippen LogP contribution in [0.2, 0.25) is 0 Å². The average Bonchev–Trinajstić information content (AvgIpc) is 3.33. The van der Waals surface area contributed by atoms with Crippen LogP contribution in [-0.4, -0.2) is 32.3 Å². The minimum atomic E-state index is -0.377. The first-order valence-electron chi connectivity index (χ1n) is 8.03. The molecule has 10 heteroatoms. The van der Waals surface area contributed by atoms with Gasteiger partial charge in [0.05, 0.1) is 10.6 Å². The number of thioether (sulfide) groups is 1. The number of hydrogen-bond donors (Lipinski definition) is 2. The summed E-state index contributed by atoms with van der Waals surface area (Å²) in [4.78, 5) is 25.1. The van der Waals surface area contributed by atoms with Gasteiger partial charge in [-0.1, -0.05) is 33.8 Å². The number of rotatable bonds is 6. The molecule has 7 nitrogen and oxygen atoms in total. The average molecular weight is 466 g/mol. The first kappa shape index (κ1) is 19.6. The number of nitrogens with one attached hydrogen (secondary N) is 2. The van der Waals surface area contributed by atoms with E-state index in [-0.39, 0.29) is 17.6 Å². The second kappa shape index (κ2) is 9.16. The van der Waals surface area contributed by atoms with Crippen molar-refractivity contribution >= 4 is 50.8 Å². The van der Waals surface area contributed by atoms with Crippen LogP contribution in [0.15, 0.2) is 51.4 Å². The molecule has 27 heavy (non-hydrogen) atoms. The molecule has 0 spiro atoms. The van der Waals surface area contributed by atoms with E-state index < -0.39 is 0 Å². The predicted molar refractivity (Wildman–Crippen MR) is 109 cm³/mol. The Morgan fingerprint density at radius 3 is 2.63 bits per heavy atom. The maximum atomic E-state index is 12.0. The van der Waals surface area contributed by atoms with Crippen molar-refractivity contribution in [3.05, 3.63) is 51.8 Å². The number of benzene rings is 1. The highest BCUT2D eigenvalue weighted by molar-refractivity contribution is 9.10. The maximum Gasteiger partial charge on any atom is 0.269 e. The zero-order chi connectivity index (χ0) is 19.2. The third-order valence-corrected chi connectivity index (χ3v) is 5.89. The Labute approximate surface area is 172 Å². The first-order chi connectivity index (χ1) is 13.1. The highest BCUT2D eigenvalue weighted by Gasteiger charge is 2.15. The van der Waals surface area contributed by atoms with Gasteiger partial charge in [-0.25, -0.2) is 0 Å². The molecule has 0 aliphatic carbocycles. The van der Waals surface area contributed by atoms with Crippen LogP contribution in [0.3, 0.4) is 0 Å². The fraction of sp³-hybridized carbons (Fsp3) is 0.176. The van der Waals surface area contributed by atoms with Gasteiger partial charge >= 0.3 is 0 Å². The van der Waals surface area contributed by atoms with E-state index in [1.165, 1.54) is 11.8 Å². The lowest BCUT2D eigenvalue weighted by molar-refractivity contribution is -0.119. The molecule has 0 bridgehead atoms. The second-order valence-electron chi connectivity index (χ2n) is 5.33. The number of carbonyl (C=O) groups is 2. The van der Waals surface area contributed by atoms with Gasteiger partial charge < -0.3 is 4.57 Å². The van der Waals surface area contributed by atoms with Gasteiger partial charge in [-0.2, -0.15) is 0 Å². The summed E-state index contributed by atoms with van der Waals surface area (Å²) in [6.45, 7) is 2.70. The smallest absolute Gasteiger partial charge is 0.269 e. The topological polar surface area (TPSA) is 88.9 Å². The minimum absolute atomic E-state index is 0.114. The van der Waals surface area contributed by atoms with Gasteiger partial charge in [0.25, 0.3) is 5.91 Å². The third-order valence-electron chi connectivity index (χ3n) is 3.53. The van der Waals surface area contributed by atoms with Gasteiger partial charge in [0.1, 0.15) is 0 Å². The Morgan fingerprint density at radius 1 is 1.19 bits per heavy atom. The predicted octanol–water partition coefficient (Wildman–Crippen LogP) is 3.34. The van der Waals surface area contributed by atoms with Crippen molar-refractivity contribution in [2.45, 2.75) is 18.6 Å². The normalized spacial score (nSPS) is 10.6. The fourth-order valence-electron chi connectivity index (χ4n) is 2.23. The van der Waals surface area contributed by atoms with Crippen molar-refractivity contribution in [1.82, 2.24) is 25.6 Å². The first-order valence-corrected chi connectivity index (χ1v) is 10.7. The molecule has 0 unspecified atom stereocenters. The lowest BCUT2D eigenvalue weighted by atomic mass is 10.2. The Bertz CT molecular complexity index is 925. The van der Waals surface area contributed by atoms with Crippen molar-refractivity contribution in [2.75, 3.05) is 5.75 Å². The summed E-state index contributed by atoms with van der Waals surface area (Å²) in [6.07, 6.45) is 0. The number of hydrogen-bond acceptors (Lipinski definition) is 6. The van der Waals surface area contributed by atoms with E-state index in [9.17, 15) is 9.59 Å². The monoisotopic (exact) mass is 465 g/mol. The maximum absolute atomic E-state index is 12.0. The summed E-state index contributed by atoms with van der Waals surface area (Å²) in [5.41, 5.74) is 5.27. The highest BCUT2D eigenvalue weighted by atomic mass is 79.9. The Balaban J connectivity index is 1.53. The van der Waals surface area contributed by atoms with Crippen LogP contribution in [0, 0.1) is 0 Å². The van der Waals surface area contributed by atoms with Crippen LogP contribution in [-0.2, 0) is 11.3 Å². The summed E-state index contributed by atoms with van der Waals surface area (Å²) >= 11 is 6.17. The quantitative estimate of drug-likeness (QED) is 0.430. The number of halogens is 1. The molecule has 2 aromatic heterocycles. The zero-order valence-corrected chi connectivity index (χ0v) is 17.5. The van der Waals surface area contributed by atoms with Gasteiger partial charge in [-0.3, -0.25) is 20.4 Å². The number of aromatic nitrogens is 3. The van der Waals surface area contributed by atoms with Gasteiger partial charge in [0.15, 0.2) is 11.0 Å². The van der Waals surface area contributed by atoms with Crippen LogP contribution in [0.1, 0.15) is 17.3 Å². The van der Waals surface area contributed by atoms with Gasteiger partial charge in [-0.05, 0) is 42.6 Å². The number of hydrazine groups is 1. The molecule has 0 saturated heterocycles. The van der Waals surface area contributed by atoms with Crippen molar-refractivity contribution in [3.8, 4) is 10.7 Å². The Kier molecular flexibility index (Phi) is 6.64. The van der Waals surface area contributed by atoms with Crippen molar-refractivity contribution in [1.29, 1.82) is 0 Å². The molecule has 0 radical (unpaired) electrons. The number of amides is 2. The summed E-state index contributed by atoms with van der Waals surface area (Å²) < 4.78 is 2.84. The molecule has 140 valence electrons. The fourth-order valence-corrected chi connectivity index (χ4v) is 4.02. The molecule has 0 fully saturated rings. The summed E-state index contributed by atoms with van der Waals surface area (Å²) in [5, 5.41) is 11.0. The SMILES string of the molecule is CCn1c(SCC(=O)NNC(=O)c2ccc(Br)cc2)nnc1-c1cccs1. The standard InChI is InChI=1S/C17H16BrN5O2S2/c1-2-23-15(13-4-3-9-26-13)20-22-17(23)27-10-14(24)19-21-16(25)11-5-7-12(18)8-6-11/h3-9H,2,10H2,1H3,(H,19,24)(H,21,25). The van der Waals surface area contributed by atoms with Gasteiger partial charge in [0.2, 0.25) is 5.91 Å². The van der Waals surface area contributed by atoms with Crippen LogP contribution in [0.4, 0.5) is 0 Å². The summed E-state index contributed by atoms with van der Waals surface area (Å²) in [7, 11) is 0. The summed E-state index contributed by atoms with van der Waals surface area (Å²) in [6, 6.07) is 10.8. The van der Waals surface area contributed by atoms with Crippen LogP contribution >= 0.6 is 39.0 Å². The number of nitrogens with zero attached hydrogens (tertiary/aromatic N) is 3. The Morgan fingerprint density at radius 2 is 1.96 bits per heavy atom. The lowest BCUT2D eigenvalue weighted by Gasteiger charge is -2.08. The molecule has 1 aromatic carbocycles. The highest BCUT2D eigenvalue weighted by Crippen LogP contribution is 2.26. The van der Waals surface area contributed by atoms with E-state index in [4.69, 9.17) is 0 Å². The molecule has 0 atom stereocenters. The molecular formula is C17H16BrN5O2S2. The lowest BCUT2D eigenvalue weighted by Crippen LogP contribution is -2.42. The Hall–Kier alpha value is -2.17. The van der Waals surface area contributed by atoms with E-state index in [0.717, 1.165) is 15.2 Å². The van der Waals surface area contributed by atoms with Gasteiger partial charge in [0, 0.05) is 16.6 Å². The van der Waals surface area contributed by atoms with E-state index in [1.807, 2.05) is 29.0 Å². The third kappa shape index (κ3) is 4.96. The molecule has 2 heterocycles. The van der Waals surface area contributed by atoms with E-state index in [0.29, 0.717) is 17.3 Å². The molecule has 2 amide bonds. The van der Waals surface area contributed by atoms with Crippen molar-refractivity contribution in [3.63, 3.8) is 0 Å². The number of carbonyl (C=O) groups excluding carboxylic acids is 2. The van der Waals surface area contributed by atoms with Crippen molar-refractivity contribution in [2.24, 2.45) is 0 Å². The van der Waals surface area contributed by atoms with E-state index >= 15 is 0 Å². The van der Waals surface area contributed by atoms with Crippen molar-refractivity contribution < 1.29 is 9.59 Å².